The van der Waals surface area contributed by atoms with E-state index < -0.39 is 0 Å². The molecule has 0 bridgehead atoms. The number of hydrogen-bond donors (Lipinski definition) is 0. The summed E-state index contributed by atoms with van der Waals surface area (Å²) in [7, 11) is 0. The molecule has 1 fully saturated rings. The van der Waals surface area contributed by atoms with Crippen molar-refractivity contribution in [3.63, 3.8) is 0 Å². The maximum Gasteiger partial charge on any atom is 0.260 e. The number of carbonyl (C=O) groups excluding carboxylic acids is 1. The summed E-state index contributed by atoms with van der Waals surface area (Å²) in [6.07, 6.45) is 1.46. The second kappa shape index (κ2) is 5.20. The van der Waals surface area contributed by atoms with E-state index in [0.29, 0.717) is 6.61 Å². The Labute approximate surface area is 127 Å². The van der Waals surface area contributed by atoms with Crippen molar-refractivity contribution in [2.45, 2.75) is 28.7 Å². The number of amides is 1. The summed E-state index contributed by atoms with van der Waals surface area (Å²) in [5.41, 5.74) is 1.92. The Morgan fingerprint density at radius 3 is 2.24 bits per heavy atom. The lowest BCUT2D eigenvalue weighted by molar-refractivity contribution is -0.126. The molecule has 21 heavy (non-hydrogen) atoms. The number of fused-ring (bicyclic) bond motifs is 2. The van der Waals surface area contributed by atoms with Gasteiger partial charge in [0.05, 0.1) is 11.4 Å². The van der Waals surface area contributed by atoms with E-state index in [2.05, 4.69) is 12.1 Å². The van der Waals surface area contributed by atoms with Gasteiger partial charge in [0, 0.05) is 16.4 Å². The normalized spacial score (nSPS) is 20.0. The zero-order valence-corrected chi connectivity index (χ0v) is 12.3. The van der Waals surface area contributed by atoms with Crippen LogP contribution in [0.5, 0.6) is 0 Å². The molecule has 3 nitrogen and oxygen atoms in total. The summed E-state index contributed by atoms with van der Waals surface area (Å²) < 4.78 is 5.60. The summed E-state index contributed by atoms with van der Waals surface area (Å²) in [5, 5.41) is 0. The first-order valence-corrected chi connectivity index (χ1v) is 7.98. The van der Waals surface area contributed by atoms with Crippen LogP contribution in [-0.2, 0) is 9.53 Å². The Morgan fingerprint density at radius 1 is 1.05 bits per heavy atom. The topological polar surface area (TPSA) is 29.5 Å². The van der Waals surface area contributed by atoms with E-state index in [0.717, 1.165) is 34.0 Å². The fourth-order valence-corrected chi connectivity index (χ4v) is 3.92. The van der Waals surface area contributed by atoms with Crippen LogP contribution in [0, 0.1) is 0 Å². The molecule has 2 aromatic carbocycles. The maximum atomic E-state index is 12.9. The lowest BCUT2D eigenvalue weighted by Gasteiger charge is -2.32. The van der Waals surface area contributed by atoms with E-state index in [9.17, 15) is 4.79 Å². The van der Waals surface area contributed by atoms with Gasteiger partial charge in [0.15, 0.2) is 0 Å². The lowest BCUT2D eigenvalue weighted by Crippen LogP contribution is -2.37. The van der Waals surface area contributed by atoms with Gasteiger partial charge in [-0.3, -0.25) is 9.69 Å². The molecule has 1 unspecified atom stereocenters. The molecule has 0 saturated carbocycles. The van der Waals surface area contributed by atoms with Crippen LogP contribution in [0.25, 0.3) is 0 Å². The van der Waals surface area contributed by atoms with Gasteiger partial charge in [-0.2, -0.15) is 0 Å². The molecule has 1 atom stereocenters. The van der Waals surface area contributed by atoms with Crippen LogP contribution in [-0.4, -0.2) is 18.6 Å². The summed E-state index contributed by atoms with van der Waals surface area (Å²) in [4.78, 5) is 17.0. The van der Waals surface area contributed by atoms with Crippen LogP contribution < -0.4 is 4.90 Å². The molecule has 0 aliphatic carbocycles. The van der Waals surface area contributed by atoms with Crippen LogP contribution in [0.2, 0.25) is 0 Å². The fourth-order valence-electron chi connectivity index (χ4n) is 2.86. The SMILES string of the molecule is O=C(C1CCCO1)N1c2ccccc2Sc2ccccc21. The predicted octanol–water partition coefficient (Wildman–Crippen LogP) is 3.99. The number of rotatable bonds is 1. The van der Waals surface area contributed by atoms with Gasteiger partial charge in [0.25, 0.3) is 5.91 Å². The van der Waals surface area contributed by atoms with Crippen molar-refractivity contribution in [1.82, 2.24) is 0 Å². The van der Waals surface area contributed by atoms with Crippen molar-refractivity contribution in [2.24, 2.45) is 0 Å². The number of carbonyl (C=O) groups is 1. The molecule has 1 amide bonds. The van der Waals surface area contributed by atoms with Gasteiger partial charge >= 0.3 is 0 Å². The number of nitrogens with zero attached hydrogens (tertiary/aromatic N) is 1. The summed E-state index contributed by atoms with van der Waals surface area (Å²) in [6, 6.07) is 16.1. The second-order valence-electron chi connectivity index (χ2n) is 5.21. The molecule has 0 N–H and O–H groups in total. The highest BCUT2D eigenvalue weighted by Crippen LogP contribution is 2.48. The molecule has 2 heterocycles. The van der Waals surface area contributed by atoms with Crippen LogP contribution in [0.15, 0.2) is 58.3 Å². The average molecular weight is 297 g/mol. The van der Waals surface area contributed by atoms with Crippen molar-refractivity contribution in [1.29, 1.82) is 0 Å². The molecular formula is C17H15NO2S. The van der Waals surface area contributed by atoms with Crippen LogP contribution in [0.4, 0.5) is 11.4 Å². The molecule has 4 heteroatoms. The van der Waals surface area contributed by atoms with Crippen LogP contribution in [0.3, 0.4) is 0 Å². The molecular weight excluding hydrogens is 282 g/mol. The largest absolute Gasteiger partial charge is 0.368 e. The summed E-state index contributed by atoms with van der Waals surface area (Å²) in [5.74, 6) is 0.0488. The van der Waals surface area contributed by atoms with E-state index in [-0.39, 0.29) is 12.0 Å². The van der Waals surface area contributed by atoms with Crippen molar-refractivity contribution < 1.29 is 9.53 Å². The third kappa shape index (κ3) is 2.15. The smallest absolute Gasteiger partial charge is 0.260 e. The maximum absolute atomic E-state index is 12.9. The number of anilines is 2. The van der Waals surface area contributed by atoms with E-state index in [1.807, 2.05) is 41.3 Å². The highest BCUT2D eigenvalue weighted by Gasteiger charge is 2.34. The standard InChI is InChI=1S/C17H15NO2S/c19-17(14-8-5-11-20-14)18-12-6-1-3-9-15(12)21-16-10-4-2-7-13(16)18/h1-4,6-7,9-10,14H,5,8,11H2. The zero-order valence-electron chi connectivity index (χ0n) is 11.5. The van der Waals surface area contributed by atoms with Gasteiger partial charge in [-0.15, -0.1) is 0 Å². The molecule has 106 valence electrons. The minimum atomic E-state index is -0.311. The van der Waals surface area contributed by atoms with E-state index in [1.165, 1.54) is 0 Å². The first kappa shape index (κ1) is 12.9. The van der Waals surface area contributed by atoms with Gasteiger partial charge in [-0.1, -0.05) is 36.0 Å². The van der Waals surface area contributed by atoms with Crippen molar-refractivity contribution in [3.05, 3.63) is 48.5 Å². The minimum absolute atomic E-state index is 0.0488. The molecule has 0 radical (unpaired) electrons. The van der Waals surface area contributed by atoms with E-state index >= 15 is 0 Å². The number of ether oxygens (including phenoxy) is 1. The highest BCUT2D eigenvalue weighted by molar-refractivity contribution is 7.99. The van der Waals surface area contributed by atoms with E-state index in [1.54, 1.807) is 11.8 Å². The average Bonchev–Trinajstić information content (AvgIpc) is 3.06. The molecule has 2 aliphatic heterocycles. The Morgan fingerprint density at radius 2 is 1.67 bits per heavy atom. The quantitative estimate of drug-likeness (QED) is 0.797. The fraction of sp³-hybridized carbons (Fsp3) is 0.235. The van der Waals surface area contributed by atoms with Gasteiger partial charge in [0.1, 0.15) is 6.10 Å². The molecule has 0 aromatic heterocycles. The Bertz CT molecular complexity index is 649. The zero-order chi connectivity index (χ0) is 14.2. The number of benzene rings is 2. The van der Waals surface area contributed by atoms with Crippen LogP contribution >= 0.6 is 11.8 Å². The second-order valence-corrected chi connectivity index (χ2v) is 6.30. The molecule has 0 spiro atoms. The first-order chi connectivity index (χ1) is 10.3. The number of hydrogen-bond acceptors (Lipinski definition) is 3. The highest BCUT2D eigenvalue weighted by atomic mass is 32.2. The lowest BCUT2D eigenvalue weighted by atomic mass is 10.1. The Balaban J connectivity index is 1.83. The van der Waals surface area contributed by atoms with Gasteiger partial charge in [-0.25, -0.2) is 0 Å². The summed E-state index contributed by atoms with van der Waals surface area (Å²) in [6.45, 7) is 0.683. The Hall–Kier alpha value is -1.78. The molecule has 2 aliphatic rings. The molecule has 4 rings (SSSR count). The molecule has 1 saturated heterocycles. The third-order valence-electron chi connectivity index (χ3n) is 3.86. The third-order valence-corrected chi connectivity index (χ3v) is 4.99. The monoisotopic (exact) mass is 297 g/mol. The Kier molecular flexibility index (Phi) is 3.20. The van der Waals surface area contributed by atoms with Crippen molar-refractivity contribution in [3.8, 4) is 0 Å². The van der Waals surface area contributed by atoms with E-state index in [4.69, 9.17) is 4.74 Å². The predicted molar refractivity (Wildman–Crippen MR) is 83.1 cm³/mol. The van der Waals surface area contributed by atoms with Crippen LogP contribution in [0.1, 0.15) is 12.8 Å². The van der Waals surface area contributed by atoms with Gasteiger partial charge < -0.3 is 4.74 Å². The van der Waals surface area contributed by atoms with Gasteiger partial charge in [-0.05, 0) is 37.1 Å². The van der Waals surface area contributed by atoms with Gasteiger partial charge in [0.2, 0.25) is 0 Å². The van der Waals surface area contributed by atoms with Crippen molar-refractivity contribution >= 4 is 29.0 Å². The molecule has 2 aromatic rings. The summed E-state index contributed by atoms with van der Waals surface area (Å²) >= 11 is 1.71. The minimum Gasteiger partial charge on any atom is -0.368 e. The first-order valence-electron chi connectivity index (χ1n) is 7.16. The van der Waals surface area contributed by atoms with Crippen molar-refractivity contribution in [2.75, 3.05) is 11.5 Å². The number of para-hydroxylation sites is 2.